The van der Waals surface area contributed by atoms with Crippen molar-refractivity contribution in [3.8, 4) is 0 Å². The van der Waals surface area contributed by atoms with Crippen molar-refractivity contribution in [3.63, 3.8) is 0 Å². The maximum Gasteiger partial charge on any atom is 0.0351 e. The first-order valence-electron chi connectivity index (χ1n) is 6.56. The molecule has 0 atom stereocenters. The third-order valence-electron chi connectivity index (χ3n) is 3.30. The lowest BCUT2D eigenvalue weighted by atomic mass is 10.1. The van der Waals surface area contributed by atoms with Crippen molar-refractivity contribution in [2.45, 2.75) is 46.2 Å². The van der Waals surface area contributed by atoms with E-state index in [-0.39, 0.29) is 0 Å². The standard InChI is InChI=1S/C15H24ClN/c1-4-15(5-2)17(10-9-16)12-14-8-6-7-13(3)11-14/h6-8,11,15H,4-5,9-10,12H2,1-3H3. The van der Waals surface area contributed by atoms with Crippen LogP contribution in [0.2, 0.25) is 0 Å². The highest BCUT2D eigenvalue weighted by molar-refractivity contribution is 6.18. The summed E-state index contributed by atoms with van der Waals surface area (Å²) in [4.78, 5) is 2.50. The molecule has 0 amide bonds. The summed E-state index contributed by atoms with van der Waals surface area (Å²) < 4.78 is 0. The minimum Gasteiger partial charge on any atom is -0.295 e. The second kappa shape index (κ2) is 7.73. The molecule has 0 aliphatic heterocycles. The van der Waals surface area contributed by atoms with Gasteiger partial charge in [0.1, 0.15) is 0 Å². The Morgan fingerprint density at radius 3 is 2.47 bits per heavy atom. The van der Waals surface area contributed by atoms with Gasteiger partial charge in [-0.3, -0.25) is 4.90 Å². The van der Waals surface area contributed by atoms with Crippen LogP contribution in [0.5, 0.6) is 0 Å². The van der Waals surface area contributed by atoms with E-state index >= 15 is 0 Å². The van der Waals surface area contributed by atoms with Gasteiger partial charge in [0.05, 0.1) is 0 Å². The van der Waals surface area contributed by atoms with Crippen LogP contribution in [-0.4, -0.2) is 23.4 Å². The van der Waals surface area contributed by atoms with Crippen LogP contribution in [0, 0.1) is 6.92 Å². The summed E-state index contributed by atoms with van der Waals surface area (Å²) in [7, 11) is 0. The van der Waals surface area contributed by atoms with Gasteiger partial charge in [0.25, 0.3) is 0 Å². The highest BCUT2D eigenvalue weighted by atomic mass is 35.5. The normalized spacial score (nSPS) is 11.4. The number of alkyl halides is 1. The zero-order chi connectivity index (χ0) is 12.7. The Kier molecular flexibility index (Phi) is 6.61. The van der Waals surface area contributed by atoms with Crippen molar-refractivity contribution < 1.29 is 0 Å². The summed E-state index contributed by atoms with van der Waals surface area (Å²) in [6.45, 7) is 8.65. The van der Waals surface area contributed by atoms with E-state index in [1.54, 1.807) is 0 Å². The Balaban J connectivity index is 2.71. The first kappa shape index (κ1) is 14.5. The molecule has 0 bridgehead atoms. The summed E-state index contributed by atoms with van der Waals surface area (Å²) in [6, 6.07) is 9.40. The average molecular weight is 254 g/mol. The van der Waals surface area contributed by atoms with E-state index in [0.717, 1.165) is 13.1 Å². The number of benzene rings is 1. The molecule has 0 radical (unpaired) electrons. The van der Waals surface area contributed by atoms with E-state index in [1.165, 1.54) is 24.0 Å². The molecule has 0 unspecified atom stereocenters. The monoisotopic (exact) mass is 253 g/mol. The van der Waals surface area contributed by atoms with E-state index < -0.39 is 0 Å². The molecule has 0 saturated carbocycles. The molecule has 0 heterocycles. The second-order valence-corrected chi connectivity index (χ2v) is 5.00. The van der Waals surface area contributed by atoms with Gasteiger partial charge in [-0.1, -0.05) is 43.7 Å². The Morgan fingerprint density at radius 1 is 1.24 bits per heavy atom. The molecule has 0 spiro atoms. The lowest BCUT2D eigenvalue weighted by Crippen LogP contribution is -2.35. The number of hydrogen-bond acceptors (Lipinski definition) is 1. The van der Waals surface area contributed by atoms with Crippen LogP contribution in [-0.2, 0) is 6.54 Å². The predicted molar refractivity (Wildman–Crippen MR) is 76.7 cm³/mol. The molecule has 2 heteroatoms. The van der Waals surface area contributed by atoms with Crippen LogP contribution >= 0.6 is 11.6 Å². The van der Waals surface area contributed by atoms with Crippen LogP contribution in [0.25, 0.3) is 0 Å². The van der Waals surface area contributed by atoms with Gasteiger partial charge < -0.3 is 0 Å². The summed E-state index contributed by atoms with van der Waals surface area (Å²) in [5.41, 5.74) is 2.72. The molecule has 1 aromatic rings. The highest BCUT2D eigenvalue weighted by Gasteiger charge is 2.14. The third kappa shape index (κ3) is 4.69. The molecule has 0 N–H and O–H groups in total. The van der Waals surface area contributed by atoms with Gasteiger partial charge in [-0.05, 0) is 25.3 Å². The molecular formula is C15H24ClN. The largest absolute Gasteiger partial charge is 0.295 e. The lowest BCUT2D eigenvalue weighted by Gasteiger charge is -2.30. The van der Waals surface area contributed by atoms with Crippen molar-refractivity contribution in [1.82, 2.24) is 4.90 Å². The minimum absolute atomic E-state index is 0.647. The summed E-state index contributed by atoms with van der Waals surface area (Å²) in [5, 5.41) is 0. The fraction of sp³-hybridized carbons (Fsp3) is 0.600. The predicted octanol–water partition coefficient (Wildman–Crippen LogP) is 4.22. The van der Waals surface area contributed by atoms with Gasteiger partial charge >= 0.3 is 0 Å². The highest BCUT2D eigenvalue weighted by Crippen LogP contribution is 2.14. The first-order chi connectivity index (χ1) is 8.21. The SMILES string of the molecule is CCC(CC)N(CCCl)Cc1cccc(C)c1. The smallest absolute Gasteiger partial charge is 0.0351 e. The fourth-order valence-electron chi connectivity index (χ4n) is 2.35. The molecule has 96 valence electrons. The Hall–Kier alpha value is -0.530. The van der Waals surface area contributed by atoms with Crippen LogP contribution in [0.3, 0.4) is 0 Å². The fourth-order valence-corrected chi connectivity index (χ4v) is 2.57. The molecule has 0 saturated heterocycles. The third-order valence-corrected chi connectivity index (χ3v) is 3.47. The number of nitrogens with zero attached hydrogens (tertiary/aromatic N) is 1. The maximum absolute atomic E-state index is 5.91. The number of hydrogen-bond donors (Lipinski definition) is 0. The van der Waals surface area contributed by atoms with Crippen LogP contribution in [0.1, 0.15) is 37.8 Å². The van der Waals surface area contributed by atoms with E-state index in [4.69, 9.17) is 11.6 Å². The maximum atomic E-state index is 5.91. The molecule has 1 rings (SSSR count). The Bertz CT molecular complexity index is 320. The first-order valence-corrected chi connectivity index (χ1v) is 7.10. The second-order valence-electron chi connectivity index (χ2n) is 4.62. The summed E-state index contributed by atoms with van der Waals surface area (Å²) in [6.07, 6.45) is 2.39. The average Bonchev–Trinajstić information content (AvgIpc) is 2.31. The van der Waals surface area contributed by atoms with Gasteiger partial charge in [0, 0.05) is 25.0 Å². The van der Waals surface area contributed by atoms with E-state index in [1.807, 2.05) is 0 Å². The molecule has 0 fully saturated rings. The number of rotatable bonds is 7. The van der Waals surface area contributed by atoms with Crippen LogP contribution in [0.4, 0.5) is 0 Å². The van der Waals surface area contributed by atoms with Crippen molar-refractivity contribution in [2.75, 3.05) is 12.4 Å². The molecule has 0 aliphatic carbocycles. The van der Waals surface area contributed by atoms with Gasteiger partial charge in [-0.15, -0.1) is 11.6 Å². The minimum atomic E-state index is 0.647. The summed E-state index contributed by atoms with van der Waals surface area (Å²) in [5.74, 6) is 0.711. The molecule has 1 nitrogen and oxygen atoms in total. The Morgan fingerprint density at radius 2 is 1.94 bits per heavy atom. The van der Waals surface area contributed by atoms with Gasteiger partial charge in [-0.2, -0.15) is 0 Å². The number of aryl methyl sites for hydroxylation is 1. The van der Waals surface area contributed by atoms with Crippen molar-refractivity contribution in [2.24, 2.45) is 0 Å². The molecule has 0 aliphatic rings. The Labute approximate surface area is 111 Å². The number of halogens is 1. The van der Waals surface area contributed by atoms with Crippen LogP contribution < -0.4 is 0 Å². The van der Waals surface area contributed by atoms with Crippen molar-refractivity contribution in [1.29, 1.82) is 0 Å². The van der Waals surface area contributed by atoms with Gasteiger partial charge in [0.15, 0.2) is 0 Å². The van der Waals surface area contributed by atoms with E-state index in [0.29, 0.717) is 11.9 Å². The van der Waals surface area contributed by atoms with Crippen LogP contribution in [0.15, 0.2) is 24.3 Å². The quantitative estimate of drug-likeness (QED) is 0.658. The zero-order valence-corrected chi connectivity index (χ0v) is 12.0. The van der Waals surface area contributed by atoms with Crippen molar-refractivity contribution >= 4 is 11.6 Å². The van der Waals surface area contributed by atoms with E-state index in [9.17, 15) is 0 Å². The molecule has 0 aromatic heterocycles. The van der Waals surface area contributed by atoms with E-state index in [2.05, 4.69) is 49.9 Å². The van der Waals surface area contributed by atoms with Gasteiger partial charge in [-0.25, -0.2) is 0 Å². The zero-order valence-electron chi connectivity index (χ0n) is 11.2. The lowest BCUT2D eigenvalue weighted by molar-refractivity contribution is 0.188. The van der Waals surface area contributed by atoms with Crippen molar-refractivity contribution in [3.05, 3.63) is 35.4 Å². The van der Waals surface area contributed by atoms with Gasteiger partial charge in [0.2, 0.25) is 0 Å². The molecular weight excluding hydrogens is 230 g/mol. The molecule has 1 aromatic carbocycles. The summed E-state index contributed by atoms with van der Waals surface area (Å²) >= 11 is 5.91. The molecule has 17 heavy (non-hydrogen) atoms. The topological polar surface area (TPSA) is 3.24 Å².